The lowest BCUT2D eigenvalue weighted by Gasteiger charge is -2.31. The number of carbonyl (C=O) groups is 1. The molecule has 1 saturated carbocycles. The van der Waals surface area contributed by atoms with Crippen LogP contribution in [-0.4, -0.2) is 38.9 Å². The van der Waals surface area contributed by atoms with Crippen LogP contribution < -0.4 is 0 Å². The Labute approximate surface area is 168 Å². The predicted molar refractivity (Wildman–Crippen MR) is 110 cm³/mol. The van der Waals surface area contributed by atoms with Crippen molar-refractivity contribution < 1.29 is 4.79 Å². The number of nitrogens with zero attached hydrogens (tertiary/aromatic N) is 4. The van der Waals surface area contributed by atoms with Gasteiger partial charge in [-0.2, -0.15) is 0 Å². The molecule has 1 aliphatic heterocycles. The van der Waals surface area contributed by atoms with Gasteiger partial charge >= 0.3 is 0 Å². The minimum Gasteiger partial charge on any atom is -0.337 e. The average Bonchev–Trinajstić information content (AvgIpc) is 3.22. The molecule has 2 heterocycles. The van der Waals surface area contributed by atoms with E-state index in [-0.39, 0.29) is 5.91 Å². The van der Waals surface area contributed by atoms with E-state index in [1.807, 2.05) is 15.8 Å². The largest absolute Gasteiger partial charge is 0.337 e. The lowest BCUT2D eigenvalue weighted by atomic mass is 9.89. The molecule has 1 saturated heterocycles. The van der Waals surface area contributed by atoms with Crippen molar-refractivity contribution in [2.45, 2.75) is 64.3 Å². The van der Waals surface area contributed by atoms with Gasteiger partial charge < -0.3 is 4.90 Å². The van der Waals surface area contributed by atoms with E-state index in [0.29, 0.717) is 17.5 Å². The molecule has 5 heteroatoms. The van der Waals surface area contributed by atoms with E-state index >= 15 is 0 Å². The van der Waals surface area contributed by atoms with Crippen molar-refractivity contribution in [1.82, 2.24) is 19.9 Å². The second-order valence-corrected chi connectivity index (χ2v) is 8.59. The molecule has 2 aliphatic rings. The molecule has 28 heavy (non-hydrogen) atoms. The van der Waals surface area contributed by atoms with Gasteiger partial charge in [0.05, 0.1) is 6.20 Å². The Hall–Kier alpha value is -2.17. The van der Waals surface area contributed by atoms with Crippen LogP contribution in [0.25, 0.3) is 0 Å². The molecule has 0 bridgehead atoms. The fourth-order valence-electron chi connectivity index (χ4n) is 4.72. The Kier molecular flexibility index (Phi) is 6.40. The van der Waals surface area contributed by atoms with Gasteiger partial charge in [0.1, 0.15) is 0 Å². The van der Waals surface area contributed by atoms with E-state index in [2.05, 4.69) is 40.6 Å². The molecule has 0 N–H and O–H groups in total. The maximum atomic E-state index is 12.8. The average molecular weight is 381 g/mol. The number of hydrogen-bond acceptors (Lipinski definition) is 3. The van der Waals surface area contributed by atoms with E-state index < -0.39 is 0 Å². The summed E-state index contributed by atoms with van der Waals surface area (Å²) >= 11 is 0. The topological polar surface area (TPSA) is 51.0 Å². The molecule has 5 nitrogen and oxygen atoms in total. The highest BCUT2D eigenvalue weighted by molar-refractivity contribution is 5.91. The lowest BCUT2D eigenvalue weighted by molar-refractivity contribution is 0.0681. The van der Waals surface area contributed by atoms with Crippen LogP contribution in [0.1, 0.15) is 67.4 Å². The number of amides is 1. The molecule has 2 fully saturated rings. The first-order valence-electron chi connectivity index (χ1n) is 11.0. The van der Waals surface area contributed by atoms with Crippen molar-refractivity contribution >= 4 is 5.91 Å². The Morgan fingerprint density at radius 2 is 1.71 bits per heavy atom. The van der Waals surface area contributed by atoms with Crippen LogP contribution in [-0.2, 0) is 13.0 Å². The molecular weight excluding hydrogens is 348 g/mol. The van der Waals surface area contributed by atoms with Gasteiger partial charge in [0, 0.05) is 19.6 Å². The van der Waals surface area contributed by atoms with Gasteiger partial charge in [-0.1, -0.05) is 54.8 Å². The maximum Gasteiger partial charge on any atom is 0.276 e. The molecular formula is C23H32N4O. The molecule has 1 aliphatic carbocycles. The first-order valence-corrected chi connectivity index (χ1v) is 11.0. The molecule has 0 atom stereocenters. The zero-order valence-corrected chi connectivity index (χ0v) is 16.8. The number of piperidine rings is 1. The Morgan fingerprint density at radius 1 is 0.964 bits per heavy atom. The summed E-state index contributed by atoms with van der Waals surface area (Å²) in [4.78, 5) is 14.8. The van der Waals surface area contributed by atoms with Crippen molar-refractivity contribution in [3.05, 3.63) is 47.8 Å². The molecule has 1 aromatic carbocycles. The van der Waals surface area contributed by atoms with Gasteiger partial charge in [-0.3, -0.25) is 9.48 Å². The third-order valence-electron chi connectivity index (χ3n) is 6.51. The number of carbonyl (C=O) groups excluding carboxylic acids is 1. The van der Waals surface area contributed by atoms with E-state index in [9.17, 15) is 4.79 Å². The molecule has 1 amide bonds. The zero-order valence-electron chi connectivity index (χ0n) is 16.8. The second-order valence-electron chi connectivity index (χ2n) is 8.59. The SMILES string of the molecule is O=C(c1cn(CC2CCCCC2)nn1)N1CCC(CCc2ccccc2)CC1. The monoisotopic (exact) mass is 380 g/mol. The fraction of sp³-hybridized carbons (Fsp3) is 0.609. The summed E-state index contributed by atoms with van der Waals surface area (Å²) in [5.41, 5.74) is 1.93. The molecule has 2 aromatic rings. The van der Waals surface area contributed by atoms with Gasteiger partial charge in [0.15, 0.2) is 5.69 Å². The molecule has 4 rings (SSSR count). The van der Waals surface area contributed by atoms with Crippen molar-refractivity contribution in [3.8, 4) is 0 Å². The highest BCUT2D eigenvalue weighted by atomic mass is 16.2. The smallest absolute Gasteiger partial charge is 0.276 e. The molecule has 0 spiro atoms. The normalized spacial score (nSPS) is 19.1. The third-order valence-corrected chi connectivity index (χ3v) is 6.51. The van der Waals surface area contributed by atoms with Crippen LogP contribution in [0.15, 0.2) is 36.5 Å². The summed E-state index contributed by atoms with van der Waals surface area (Å²) in [6.45, 7) is 2.59. The van der Waals surface area contributed by atoms with Crippen LogP contribution in [0.4, 0.5) is 0 Å². The van der Waals surface area contributed by atoms with Crippen LogP contribution in [0.5, 0.6) is 0 Å². The Balaban J connectivity index is 1.23. The molecule has 150 valence electrons. The van der Waals surface area contributed by atoms with Crippen molar-refractivity contribution in [2.75, 3.05) is 13.1 Å². The minimum absolute atomic E-state index is 0.0522. The van der Waals surface area contributed by atoms with Gasteiger partial charge in [0.25, 0.3) is 5.91 Å². The summed E-state index contributed by atoms with van der Waals surface area (Å²) in [5, 5.41) is 8.40. The van der Waals surface area contributed by atoms with Crippen LogP contribution in [0.2, 0.25) is 0 Å². The number of aromatic nitrogens is 3. The van der Waals surface area contributed by atoms with E-state index in [1.165, 1.54) is 44.1 Å². The Morgan fingerprint density at radius 3 is 2.46 bits per heavy atom. The van der Waals surface area contributed by atoms with E-state index in [1.54, 1.807) is 0 Å². The highest BCUT2D eigenvalue weighted by Crippen LogP contribution is 2.25. The summed E-state index contributed by atoms with van der Waals surface area (Å²) in [6.07, 6.45) is 13.0. The van der Waals surface area contributed by atoms with Crippen molar-refractivity contribution in [1.29, 1.82) is 0 Å². The summed E-state index contributed by atoms with van der Waals surface area (Å²) < 4.78 is 1.88. The number of aryl methyl sites for hydroxylation is 1. The third kappa shape index (κ3) is 5.00. The fourth-order valence-corrected chi connectivity index (χ4v) is 4.72. The minimum atomic E-state index is 0.0522. The van der Waals surface area contributed by atoms with Crippen molar-refractivity contribution in [3.63, 3.8) is 0 Å². The Bertz CT molecular complexity index is 743. The van der Waals surface area contributed by atoms with Gasteiger partial charge in [-0.25, -0.2) is 0 Å². The number of likely N-dealkylation sites (tertiary alicyclic amines) is 1. The molecule has 0 unspecified atom stereocenters. The lowest BCUT2D eigenvalue weighted by Crippen LogP contribution is -2.38. The standard InChI is InChI=1S/C23H32N4O/c28-23(22-18-27(25-24-22)17-21-9-5-2-6-10-21)26-15-13-20(14-16-26)12-11-19-7-3-1-4-8-19/h1,3-4,7-8,18,20-21H,2,5-6,9-17H2. The number of benzene rings is 1. The summed E-state index contributed by atoms with van der Waals surface area (Å²) in [5.74, 6) is 1.46. The summed E-state index contributed by atoms with van der Waals surface area (Å²) in [7, 11) is 0. The first kappa shape index (κ1) is 19.2. The van der Waals surface area contributed by atoms with Gasteiger partial charge in [0.2, 0.25) is 0 Å². The van der Waals surface area contributed by atoms with Gasteiger partial charge in [-0.15, -0.1) is 5.10 Å². The van der Waals surface area contributed by atoms with E-state index in [4.69, 9.17) is 0 Å². The van der Waals surface area contributed by atoms with Crippen molar-refractivity contribution in [2.24, 2.45) is 11.8 Å². The van der Waals surface area contributed by atoms with Crippen LogP contribution in [0.3, 0.4) is 0 Å². The second kappa shape index (κ2) is 9.35. The number of rotatable bonds is 6. The quantitative estimate of drug-likeness (QED) is 0.749. The number of hydrogen-bond donors (Lipinski definition) is 0. The first-order chi connectivity index (χ1) is 13.8. The highest BCUT2D eigenvalue weighted by Gasteiger charge is 2.25. The van der Waals surface area contributed by atoms with E-state index in [0.717, 1.165) is 38.9 Å². The molecule has 0 radical (unpaired) electrons. The zero-order chi connectivity index (χ0) is 19.2. The maximum absolute atomic E-state index is 12.8. The summed E-state index contributed by atoms with van der Waals surface area (Å²) in [6, 6.07) is 10.7. The van der Waals surface area contributed by atoms with Crippen LogP contribution >= 0.6 is 0 Å². The van der Waals surface area contributed by atoms with Gasteiger partial charge in [-0.05, 0) is 55.9 Å². The van der Waals surface area contributed by atoms with Crippen LogP contribution in [0, 0.1) is 11.8 Å². The predicted octanol–water partition coefficient (Wildman–Crippen LogP) is 4.34. The molecule has 1 aromatic heterocycles.